The summed E-state index contributed by atoms with van der Waals surface area (Å²) in [5.41, 5.74) is 3.98. The maximum atomic E-state index is 3.77. The highest BCUT2D eigenvalue weighted by molar-refractivity contribution is 5.44. The highest BCUT2D eigenvalue weighted by Crippen LogP contribution is 2.20. The Hall–Kier alpha value is -1.04. The summed E-state index contributed by atoms with van der Waals surface area (Å²) >= 11 is 0. The molecule has 0 bridgehead atoms. The van der Waals surface area contributed by atoms with Crippen LogP contribution in [0.1, 0.15) is 26.7 Å². The van der Waals surface area contributed by atoms with Crippen molar-refractivity contribution >= 4 is 0 Å². The van der Waals surface area contributed by atoms with Crippen molar-refractivity contribution in [1.82, 2.24) is 0 Å². The van der Waals surface area contributed by atoms with E-state index >= 15 is 0 Å². The zero-order valence-electron chi connectivity index (χ0n) is 7.93. The lowest BCUT2D eigenvalue weighted by atomic mass is 9.97. The fourth-order valence-electron chi connectivity index (χ4n) is 1.27. The summed E-state index contributed by atoms with van der Waals surface area (Å²) in [6.07, 6.45) is 11.0. The third-order valence-electron chi connectivity index (χ3n) is 2.33. The normalized spacial score (nSPS) is 18.3. The third kappa shape index (κ3) is 1.97. The van der Waals surface area contributed by atoms with E-state index in [1.165, 1.54) is 29.6 Å². The minimum atomic E-state index is 1.17. The second-order valence-electron chi connectivity index (χ2n) is 3.15. The lowest BCUT2D eigenvalue weighted by Gasteiger charge is -2.08. The smallest absolute Gasteiger partial charge is 0.0268 e. The largest absolute Gasteiger partial charge is 0.0988 e. The maximum Gasteiger partial charge on any atom is -0.0268 e. The topological polar surface area (TPSA) is 0 Å². The Morgan fingerprint density at radius 3 is 2.67 bits per heavy atom. The second kappa shape index (κ2) is 4.10. The standard InChI is InChI=1S/C12H16/c1-4-10(2)11(3)12-8-6-5-7-9-12/h4,6,8-9H,1,5,7H2,2-3H3. The van der Waals surface area contributed by atoms with Crippen LogP contribution in [0.4, 0.5) is 0 Å². The Labute approximate surface area is 75.0 Å². The summed E-state index contributed by atoms with van der Waals surface area (Å²) in [7, 11) is 0. The van der Waals surface area contributed by atoms with Gasteiger partial charge in [0.25, 0.3) is 0 Å². The second-order valence-corrected chi connectivity index (χ2v) is 3.15. The van der Waals surface area contributed by atoms with E-state index in [4.69, 9.17) is 0 Å². The summed E-state index contributed by atoms with van der Waals surface area (Å²) in [5.74, 6) is 0. The van der Waals surface area contributed by atoms with E-state index in [2.05, 4.69) is 38.7 Å². The average Bonchev–Trinajstić information content (AvgIpc) is 2.17. The SMILES string of the molecule is C=CC(C)=C(C)C1=CCCC=C1. The van der Waals surface area contributed by atoms with Crippen LogP contribution in [0.2, 0.25) is 0 Å². The highest BCUT2D eigenvalue weighted by atomic mass is 14.1. The number of rotatable bonds is 2. The highest BCUT2D eigenvalue weighted by Gasteiger charge is 2.00. The lowest BCUT2D eigenvalue weighted by molar-refractivity contribution is 1.02. The summed E-state index contributed by atoms with van der Waals surface area (Å²) in [6.45, 7) is 8.02. The van der Waals surface area contributed by atoms with Crippen LogP contribution < -0.4 is 0 Å². The van der Waals surface area contributed by atoms with Gasteiger partial charge in [-0.05, 0) is 43.4 Å². The molecule has 0 spiro atoms. The minimum Gasteiger partial charge on any atom is -0.0988 e. The van der Waals surface area contributed by atoms with Gasteiger partial charge in [-0.25, -0.2) is 0 Å². The molecule has 0 heterocycles. The van der Waals surface area contributed by atoms with Gasteiger partial charge in [0.2, 0.25) is 0 Å². The number of hydrogen-bond donors (Lipinski definition) is 0. The van der Waals surface area contributed by atoms with Crippen molar-refractivity contribution in [2.45, 2.75) is 26.7 Å². The van der Waals surface area contributed by atoms with Gasteiger partial charge in [0.05, 0.1) is 0 Å². The summed E-state index contributed by atoms with van der Waals surface area (Å²) in [4.78, 5) is 0. The van der Waals surface area contributed by atoms with Crippen molar-refractivity contribution in [3.8, 4) is 0 Å². The molecule has 0 aromatic carbocycles. The average molecular weight is 160 g/mol. The number of allylic oxidation sites excluding steroid dienone is 7. The van der Waals surface area contributed by atoms with Crippen LogP contribution in [0.5, 0.6) is 0 Å². The molecule has 0 saturated carbocycles. The summed E-state index contributed by atoms with van der Waals surface area (Å²) < 4.78 is 0. The Balaban J connectivity index is 2.89. The van der Waals surface area contributed by atoms with Crippen LogP contribution in [0.25, 0.3) is 0 Å². The third-order valence-corrected chi connectivity index (χ3v) is 2.33. The fraction of sp³-hybridized carbons (Fsp3) is 0.333. The molecular weight excluding hydrogens is 144 g/mol. The zero-order chi connectivity index (χ0) is 8.97. The van der Waals surface area contributed by atoms with Gasteiger partial charge >= 0.3 is 0 Å². The van der Waals surface area contributed by atoms with E-state index in [0.29, 0.717) is 0 Å². The quantitative estimate of drug-likeness (QED) is 0.539. The molecular formula is C12H16. The van der Waals surface area contributed by atoms with Crippen LogP contribution in [0.3, 0.4) is 0 Å². The lowest BCUT2D eigenvalue weighted by Crippen LogP contribution is -1.89. The van der Waals surface area contributed by atoms with Crippen LogP contribution in [-0.2, 0) is 0 Å². The molecule has 1 aliphatic rings. The molecule has 1 aliphatic carbocycles. The van der Waals surface area contributed by atoms with Crippen molar-refractivity contribution in [3.05, 3.63) is 47.6 Å². The molecule has 0 unspecified atom stereocenters. The van der Waals surface area contributed by atoms with Crippen LogP contribution in [0, 0.1) is 0 Å². The molecule has 0 aliphatic heterocycles. The van der Waals surface area contributed by atoms with Crippen LogP contribution in [-0.4, -0.2) is 0 Å². The van der Waals surface area contributed by atoms with E-state index in [9.17, 15) is 0 Å². The van der Waals surface area contributed by atoms with Crippen molar-refractivity contribution in [3.63, 3.8) is 0 Å². The predicted octanol–water partition coefficient (Wildman–Crippen LogP) is 3.79. The van der Waals surface area contributed by atoms with E-state index < -0.39 is 0 Å². The Kier molecular flexibility index (Phi) is 3.09. The summed E-state index contributed by atoms with van der Waals surface area (Å²) in [6, 6.07) is 0. The fourth-order valence-corrected chi connectivity index (χ4v) is 1.27. The first-order valence-electron chi connectivity index (χ1n) is 4.42. The van der Waals surface area contributed by atoms with Gasteiger partial charge in [0.1, 0.15) is 0 Å². The molecule has 1 rings (SSSR count). The molecule has 0 aromatic rings. The zero-order valence-corrected chi connectivity index (χ0v) is 7.93. The maximum absolute atomic E-state index is 3.77. The summed E-state index contributed by atoms with van der Waals surface area (Å²) in [5, 5.41) is 0. The van der Waals surface area contributed by atoms with Gasteiger partial charge < -0.3 is 0 Å². The predicted molar refractivity (Wildman–Crippen MR) is 55.0 cm³/mol. The molecule has 64 valence electrons. The first-order valence-corrected chi connectivity index (χ1v) is 4.42. The molecule has 0 atom stereocenters. The first kappa shape index (κ1) is 9.05. The minimum absolute atomic E-state index is 1.17. The van der Waals surface area contributed by atoms with E-state index in [-0.39, 0.29) is 0 Å². The number of hydrogen-bond acceptors (Lipinski definition) is 0. The Morgan fingerprint density at radius 2 is 2.17 bits per heavy atom. The molecule has 0 nitrogen and oxygen atoms in total. The monoisotopic (exact) mass is 160 g/mol. The molecule has 0 aromatic heterocycles. The molecule has 0 fully saturated rings. The molecule has 0 amide bonds. The van der Waals surface area contributed by atoms with Gasteiger partial charge in [-0.2, -0.15) is 0 Å². The van der Waals surface area contributed by atoms with Crippen molar-refractivity contribution in [1.29, 1.82) is 0 Å². The van der Waals surface area contributed by atoms with E-state index in [1.54, 1.807) is 0 Å². The Bertz CT molecular complexity index is 262. The van der Waals surface area contributed by atoms with Gasteiger partial charge in [0.15, 0.2) is 0 Å². The Morgan fingerprint density at radius 1 is 1.42 bits per heavy atom. The van der Waals surface area contributed by atoms with Crippen molar-refractivity contribution in [2.75, 3.05) is 0 Å². The van der Waals surface area contributed by atoms with Gasteiger partial charge in [-0.3, -0.25) is 0 Å². The van der Waals surface area contributed by atoms with Crippen molar-refractivity contribution in [2.24, 2.45) is 0 Å². The van der Waals surface area contributed by atoms with Gasteiger partial charge in [0, 0.05) is 0 Å². The van der Waals surface area contributed by atoms with Gasteiger partial charge in [-0.1, -0.05) is 30.9 Å². The van der Waals surface area contributed by atoms with Gasteiger partial charge in [-0.15, -0.1) is 0 Å². The molecule has 0 saturated heterocycles. The van der Waals surface area contributed by atoms with Crippen LogP contribution in [0.15, 0.2) is 47.6 Å². The van der Waals surface area contributed by atoms with Crippen LogP contribution >= 0.6 is 0 Å². The molecule has 12 heavy (non-hydrogen) atoms. The van der Waals surface area contributed by atoms with Crippen molar-refractivity contribution < 1.29 is 0 Å². The first-order chi connectivity index (χ1) is 5.75. The molecule has 0 N–H and O–H groups in total. The van der Waals surface area contributed by atoms with E-state index in [0.717, 1.165) is 0 Å². The van der Waals surface area contributed by atoms with E-state index in [1.807, 2.05) is 6.08 Å². The molecule has 0 radical (unpaired) electrons. The molecule has 0 heteroatoms.